The summed E-state index contributed by atoms with van der Waals surface area (Å²) in [5, 5.41) is 4.26. The quantitative estimate of drug-likeness (QED) is 0.851. The van der Waals surface area contributed by atoms with Crippen LogP contribution in [-0.2, 0) is 6.42 Å². The molecule has 90 valence electrons. The van der Waals surface area contributed by atoms with Gasteiger partial charge in [0.25, 0.3) is 0 Å². The molecule has 0 unspecified atom stereocenters. The molecule has 0 radical (unpaired) electrons. The first-order valence-corrected chi connectivity index (χ1v) is 7.26. The molecule has 1 aromatic heterocycles. The Morgan fingerprint density at radius 1 is 1.41 bits per heavy atom. The number of thiazole rings is 1. The summed E-state index contributed by atoms with van der Waals surface area (Å²) in [7, 11) is 1.99. The smallest absolute Gasteiger partial charge is 0.123 e. The van der Waals surface area contributed by atoms with Crippen LogP contribution < -0.4 is 5.32 Å². The van der Waals surface area contributed by atoms with Crippen LogP contribution in [-0.4, -0.2) is 18.6 Å². The first kappa shape index (κ1) is 12.7. The molecular weight excluding hydrogens is 296 g/mol. The van der Waals surface area contributed by atoms with Crippen molar-refractivity contribution in [1.29, 1.82) is 0 Å². The van der Waals surface area contributed by atoms with Crippen LogP contribution in [0.4, 0.5) is 0 Å². The molecule has 2 rings (SSSR count). The van der Waals surface area contributed by atoms with Crippen LogP contribution in [0.1, 0.15) is 11.3 Å². The maximum Gasteiger partial charge on any atom is 0.123 e. The second-order valence-corrected chi connectivity index (χ2v) is 5.88. The first-order valence-electron chi connectivity index (χ1n) is 5.65. The second kappa shape index (κ2) is 6.28. The molecule has 4 heteroatoms. The number of hydrogen-bond donors (Lipinski definition) is 1. The zero-order valence-electron chi connectivity index (χ0n) is 9.74. The molecule has 0 atom stereocenters. The van der Waals surface area contributed by atoms with Gasteiger partial charge in [0.2, 0.25) is 0 Å². The number of rotatable bonds is 5. The molecule has 0 saturated heterocycles. The van der Waals surface area contributed by atoms with Gasteiger partial charge in [0.15, 0.2) is 0 Å². The molecule has 0 amide bonds. The summed E-state index contributed by atoms with van der Waals surface area (Å²) < 4.78 is 1.10. The molecule has 0 spiro atoms. The summed E-state index contributed by atoms with van der Waals surface area (Å²) in [6.07, 6.45) is 4.26. The van der Waals surface area contributed by atoms with Crippen LogP contribution in [0.2, 0.25) is 0 Å². The van der Waals surface area contributed by atoms with Crippen LogP contribution in [0.15, 0.2) is 34.9 Å². The Kier molecular flexibility index (Phi) is 4.71. The Hall–Kier alpha value is -0.710. The Balaban J connectivity index is 2.07. The van der Waals surface area contributed by atoms with E-state index in [4.69, 9.17) is 0 Å². The lowest BCUT2D eigenvalue weighted by molar-refractivity contribution is 0.729. The van der Waals surface area contributed by atoms with Gasteiger partial charge in [-0.3, -0.25) is 0 Å². The van der Waals surface area contributed by atoms with E-state index in [1.165, 1.54) is 10.4 Å². The van der Waals surface area contributed by atoms with Crippen molar-refractivity contribution in [1.82, 2.24) is 10.3 Å². The average Bonchev–Trinajstić information content (AvgIpc) is 2.78. The van der Waals surface area contributed by atoms with E-state index in [-0.39, 0.29) is 0 Å². The van der Waals surface area contributed by atoms with Crippen LogP contribution in [0, 0.1) is 0 Å². The van der Waals surface area contributed by atoms with Gasteiger partial charge in [0.1, 0.15) is 5.01 Å². The maximum absolute atomic E-state index is 4.48. The first-order chi connectivity index (χ1) is 8.29. The number of hydrogen-bond acceptors (Lipinski definition) is 3. The Bertz CT molecular complexity index is 482. The highest BCUT2D eigenvalue weighted by molar-refractivity contribution is 9.10. The Morgan fingerprint density at radius 2 is 2.29 bits per heavy atom. The van der Waals surface area contributed by atoms with Crippen LogP contribution in [0.5, 0.6) is 0 Å². The molecule has 2 aromatic rings. The third-order valence-corrected chi connectivity index (χ3v) is 4.07. The molecule has 17 heavy (non-hydrogen) atoms. The number of aromatic nitrogens is 1. The van der Waals surface area contributed by atoms with Gasteiger partial charge in [-0.2, -0.15) is 0 Å². The van der Waals surface area contributed by atoms with Gasteiger partial charge < -0.3 is 5.32 Å². The SMILES string of the molecule is CNCCCc1cnc(-c2cccc(Br)c2)s1. The van der Waals surface area contributed by atoms with Gasteiger partial charge in [-0.05, 0) is 38.6 Å². The highest BCUT2D eigenvalue weighted by Crippen LogP contribution is 2.27. The highest BCUT2D eigenvalue weighted by atomic mass is 79.9. The van der Waals surface area contributed by atoms with Gasteiger partial charge >= 0.3 is 0 Å². The molecule has 0 saturated carbocycles. The van der Waals surface area contributed by atoms with Crippen molar-refractivity contribution in [3.63, 3.8) is 0 Å². The van der Waals surface area contributed by atoms with Crippen molar-refractivity contribution in [3.8, 4) is 10.6 Å². The molecule has 0 aliphatic rings. The van der Waals surface area contributed by atoms with Crippen molar-refractivity contribution in [2.24, 2.45) is 0 Å². The van der Waals surface area contributed by atoms with Crippen molar-refractivity contribution in [2.75, 3.05) is 13.6 Å². The number of aryl methyl sites for hydroxylation is 1. The van der Waals surface area contributed by atoms with Gasteiger partial charge in [-0.25, -0.2) is 4.98 Å². The Labute approximate surface area is 114 Å². The molecule has 1 N–H and O–H groups in total. The minimum atomic E-state index is 1.06. The fourth-order valence-corrected chi connectivity index (χ4v) is 2.97. The van der Waals surface area contributed by atoms with E-state index in [1.807, 2.05) is 25.4 Å². The maximum atomic E-state index is 4.48. The van der Waals surface area contributed by atoms with Crippen molar-refractivity contribution >= 4 is 27.3 Å². The molecule has 0 aliphatic carbocycles. The fourth-order valence-electron chi connectivity index (χ4n) is 1.62. The molecule has 0 aliphatic heterocycles. The number of benzene rings is 1. The number of halogens is 1. The van der Waals surface area contributed by atoms with Crippen LogP contribution in [0.3, 0.4) is 0 Å². The van der Waals surface area contributed by atoms with E-state index in [9.17, 15) is 0 Å². The predicted octanol–water partition coefficient (Wildman–Crippen LogP) is 3.72. The zero-order valence-corrected chi connectivity index (χ0v) is 12.1. The van der Waals surface area contributed by atoms with E-state index in [2.05, 4.69) is 38.4 Å². The molecule has 1 aromatic carbocycles. The topological polar surface area (TPSA) is 24.9 Å². The largest absolute Gasteiger partial charge is 0.320 e. The summed E-state index contributed by atoms with van der Waals surface area (Å²) in [5.41, 5.74) is 1.18. The standard InChI is InChI=1S/C13H15BrN2S/c1-15-7-3-6-12-9-16-13(17-12)10-4-2-5-11(14)8-10/h2,4-5,8-9,15H,3,6-7H2,1H3. The normalized spacial score (nSPS) is 10.7. The van der Waals surface area contributed by atoms with Gasteiger partial charge in [0, 0.05) is 21.1 Å². The van der Waals surface area contributed by atoms with E-state index in [0.717, 1.165) is 28.9 Å². The van der Waals surface area contributed by atoms with Gasteiger partial charge in [0.05, 0.1) is 0 Å². The molecule has 1 heterocycles. The van der Waals surface area contributed by atoms with E-state index in [1.54, 1.807) is 11.3 Å². The summed E-state index contributed by atoms with van der Waals surface area (Å²) in [5.74, 6) is 0. The van der Waals surface area contributed by atoms with Crippen molar-refractivity contribution in [2.45, 2.75) is 12.8 Å². The predicted molar refractivity (Wildman–Crippen MR) is 77.5 cm³/mol. The van der Waals surface area contributed by atoms with Crippen LogP contribution in [0.25, 0.3) is 10.6 Å². The summed E-state index contributed by atoms with van der Waals surface area (Å²) in [4.78, 5) is 5.84. The van der Waals surface area contributed by atoms with E-state index < -0.39 is 0 Å². The summed E-state index contributed by atoms with van der Waals surface area (Å²) in [6, 6.07) is 8.28. The molecule has 2 nitrogen and oxygen atoms in total. The third-order valence-electron chi connectivity index (χ3n) is 2.48. The summed E-state index contributed by atoms with van der Waals surface area (Å²) in [6.45, 7) is 1.06. The van der Waals surface area contributed by atoms with Gasteiger partial charge in [-0.1, -0.05) is 28.1 Å². The van der Waals surface area contributed by atoms with E-state index in [0.29, 0.717) is 0 Å². The number of nitrogens with one attached hydrogen (secondary N) is 1. The second-order valence-electron chi connectivity index (χ2n) is 3.85. The van der Waals surface area contributed by atoms with E-state index >= 15 is 0 Å². The van der Waals surface area contributed by atoms with Gasteiger partial charge in [-0.15, -0.1) is 11.3 Å². The molecule has 0 bridgehead atoms. The minimum absolute atomic E-state index is 1.06. The van der Waals surface area contributed by atoms with Crippen LogP contribution >= 0.6 is 27.3 Å². The lowest BCUT2D eigenvalue weighted by atomic mass is 10.2. The number of nitrogens with zero attached hydrogens (tertiary/aromatic N) is 1. The molecule has 0 fully saturated rings. The minimum Gasteiger partial charge on any atom is -0.320 e. The van der Waals surface area contributed by atoms with Crippen molar-refractivity contribution < 1.29 is 0 Å². The van der Waals surface area contributed by atoms with Crippen molar-refractivity contribution in [3.05, 3.63) is 39.8 Å². The molecular formula is C13H15BrN2S. The highest BCUT2D eigenvalue weighted by Gasteiger charge is 2.04. The summed E-state index contributed by atoms with van der Waals surface area (Å²) >= 11 is 5.27. The lowest BCUT2D eigenvalue weighted by Crippen LogP contribution is -2.07. The zero-order chi connectivity index (χ0) is 12.1. The Morgan fingerprint density at radius 3 is 3.06 bits per heavy atom. The third kappa shape index (κ3) is 3.63. The lowest BCUT2D eigenvalue weighted by Gasteiger charge is -1.97. The fraction of sp³-hybridized carbons (Fsp3) is 0.308. The monoisotopic (exact) mass is 310 g/mol. The average molecular weight is 311 g/mol.